The van der Waals surface area contributed by atoms with E-state index in [0.717, 1.165) is 68.7 Å². The maximum atomic E-state index is 15.8. The molecule has 2 unspecified atom stereocenters. The number of anilines is 3. The van der Waals surface area contributed by atoms with Crippen LogP contribution in [-0.2, 0) is 16.1 Å². The molecule has 1 saturated carbocycles. The smallest absolute Gasteiger partial charge is 0.255 e. The topological polar surface area (TPSA) is 137 Å². The summed E-state index contributed by atoms with van der Waals surface area (Å²) in [7, 11) is 0. The molecule has 0 radical (unpaired) electrons. The summed E-state index contributed by atoms with van der Waals surface area (Å²) < 4.78 is 44.0. The van der Waals surface area contributed by atoms with Crippen molar-refractivity contribution in [2.24, 2.45) is 23.7 Å². The molecule has 3 aromatic rings. The number of hydrogen-bond acceptors (Lipinski definition) is 11. The lowest BCUT2D eigenvalue weighted by molar-refractivity contribution is -0.136. The van der Waals surface area contributed by atoms with Gasteiger partial charge in [-0.1, -0.05) is 6.07 Å². The predicted molar refractivity (Wildman–Crippen MR) is 204 cm³/mol. The van der Waals surface area contributed by atoms with Gasteiger partial charge in [-0.3, -0.25) is 24.6 Å². The largest absolute Gasteiger partial charge is 0.504 e. The third-order valence-electron chi connectivity index (χ3n) is 13.8. The summed E-state index contributed by atoms with van der Waals surface area (Å²) in [5, 5.41) is 24.5. The van der Waals surface area contributed by atoms with Gasteiger partial charge in [0.25, 0.3) is 5.91 Å². The Kier molecular flexibility index (Phi) is 8.84. The highest BCUT2D eigenvalue weighted by atomic mass is 19.1. The maximum Gasteiger partial charge on any atom is 0.255 e. The molecule has 10 rings (SSSR count). The summed E-state index contributed by atoms with van der Waals surface area (Å²) in [6, 6.07) is 8.94. The zero-order valence-corrected chi connectivity index (χ0v) is 31.7. The molecular formula is C41H46F3N9O4. The number of benzene rings is 2. The van der Waals surface area contributed by atoms with Gasteiger partial charge >= 0.3 is 0 Å². The number of rotatable bonds is 7. The number of phenols is 1. The van der Waals surface area contributed by atoms with Crippen molar-refractivity contribution < 1.29 is 32.7 Å². The van der Waals surface area contributed by atoms with Gasteiger partial charge < -0.3 is 30.0 Å². The summed E-state index contributed by atoms with van der Waals surface area (Å²) in [6.45, 7) is 9.66. The van der Waals surface area contributed by atoms with Crippen LogP contribution >= 0.6 is 0 Å². The second-order valence-corrected chi connectivity index (χ2v) is 17.2. The van der Waals surface area contributed by atoms with Crippen LogP contribution in [0.5, 0.6) is 5.75 Å². The van der Waals surface area contributed by atoms with E-state index in [2.05, 4.69) is 42.5 Å². The highest BCUT2D eigenvalue weighted by molar-refractivity contribution is 6.05. The van der Waals surface area contributed by atoms with Gasteiger partial charge in [0.05, 0.1) is 17.4 Å². The Bertz CT molecular complexity index is 2150. The van der Waals surface area contributed by atoms with E-state index in [-0.39, 0.29) is 54.0 Å². The first-order valence-corrected chi connectivity index (χ1v) is 20.2. The number of carbonyl (C=O) groups is 3. The number of aromatic nitrogens is 2. The molecule has 1 aliphatic carbocycles. The molecule has 4 saturated heterocycles. The Morgan fingerprint density at radius 3 is 2.53 bits per heavy atom. The summed E-state index contributed by atoms with van der Waals surface area (Å²) in [5.41, 5.74) is 3.19. The Labute approximate surface area is 328 Å². The lowest BCUT2D eigenvalue weighted by atomic mass is 9.93. The van der Waals surface area contributed by atoms with Gasteiger partial charge in [-0.25, -0.2) is 13.2 Å². The molecule has 13 nitrogen and oxygen atoms in total. The summed E-state index contributed by atoms with van der Waals surface area (Å²) in [6.07, 6.45) is 0.279. The van der Waals surface area contributed by atoms with Crippen molar-refractivity contribution in [3.05, 3.63) is 59.2 Å². The molecule has 2 aromatic carbocycles. The number of hydrogen-bond donors (Lipinski definition) is 3. The first-order valence-electron chi connectivity index (χ1n) is 20.2. The molecule has 16 heteroatoms. The van der Waals surface area contributed by atoms with E-state index in [1.54, 1.807) is 11.0 Å². The number of piperidine rings is 3. The number of piperazine rings is 1. The molecule has 0 spiro atoms. The Morgan fingerprint density at radius 2 is 1.74 bits per heavy atom. The molecular weight excluding hydrogens is 740 g/mol. The average Bonchev–Trinajstić information content (AvgIpc) is 3.46. The molecule has 3 N–H and O–H groups in total. The van der Waals surface area contributed by atoms with Crippen molar-refractivity contribution in [1.29, 1.82) is 0 Å². The Hall–Kier alpha value is -4.96. The number of likely N-dealkylation sites (tertiary alicyclic amines) is 1. The zero-order valence-electron chi connectivity index (χ0n) is 31.7. The molecule has 8 atom stereocenters. The number of nitrogens with one attached hydrogen (secondary N) is 2. The second-order valence-electron chi connectivity index (χ2n) is 17.2. The van der Waals surface area contributed by atoms with Crippen LogP contribution in [0.3, 0.4) is 0 Å². The lowest BCUT2D eigenvalue weighted by Crippen LogP contribution is -2.61. The molecule has 5 fully saturated rings. The van der Waals surface area contributed by atoms with Crippen LogP contribution in [0, 0.1) is 35.3 Å². The van der Waals surface area contributed by atoms with Crippen LogP contribution in [0.25, 0.3) is 11.3 Å². The molecule has 7 heterocycles. The average molecular weight is 786 g/mol. The van der Waals surface area contributed by atoms with Gasteiger partial charge in [-0.2, -0.15) is 0 Å². The van der Waals surface area contributed by atoms with E-state index >= 15 is 4.39 Å². The van der Waals surface area contributed by atoms with E-state index in [9.17, 15) is 28.3 Å². The Morgan fingerprint density at radius 1 is 0.912 bits per heavy atom. The van der Waals surface area contributed by atoms with Crippen molar-refractivity contribution in [1.82, 2.24) is 30.2 Å². The monoisotopic (exact) mass is 785 g/mol. The fourth-order valence-electron chi connectivity index (χ4n) is 10.5. The molecule has 0 bridgehead atoms. The number of amides is 3. The lowest BCUT2D eigenvalue weighted by Gasteiger charge is -2.49. The number of fused-ring (bicyclic) bond motifs is 5. The first kappa shape index (κ1) is 36.4. The Balaban J connectivity index is 0.709. The van der Waals surface area contributed by atoms with E-state index in [0.29, 0.717) is 61.3 Å². The van der Waals surface area contributed by atoms with E-state index < -0.39 is 35.5 Å². The molecule has 57 heavy (non-hydrogen) atoms. The highest BCUT2D eigenvalue weighted by Gasteiger charge is 2.56. The van der Waals surface area contributed by atoms with Crippen molar-refractivity contribution in [2.45, 2.75) is 57.0 Å². The number of imide groups is 1. The summed E-state index contributed by atoms with van der Waals surface area (Å²) >= 11 is 0. The van der Waals surface area contributed by atoms with Gasteiger partial charge in [-0.05, 0) is 67.3 Å². The molecule has 1 aromatic heterocycles. The highest BCUT2D eigenvalue weighted by Crippen LogP contribution is 2.53. The second kappa shape index (κ2) is 13.9. The van der Waals surface area contributed by atoms with E-state index in [1.165, 1.54) is 0 Å². The minimum Gasteiger partial charge on any atom is -0.504 e. The van der Waals surface area contributed by atoms with Crippen molar-refractivity contribution in [3.63, 3.8) is 0 Å². The summed E-state index contributed by atoms with van der Waals surface area (Å²) in [4.78, 5) is 48.3. The predicted octanol–water partition coefficient (Wildman–Crippen LogP) is 3.24. The number of nitrogens with zero attached hydrogens (tertiary/aromatic N) is 7. The molecule has 3 amide bonds. The van der Waals surface area contributed by atoms with Gasteiger partial charge in [-0.15, -0.1) is 10.2 Å². The molecule has 300 valence electrons. The van der Waals surface area contributed by atoms with Crippen LogP contribution < -0.4 is 20.4 Å². The third-order valence-corrected chi connectivity index (χ3v) is 13.8. The number of phenolic OH excluding ortho intramolecular Hbond substituents is 1. The van der Waals surface area contributed by atoms with Crippen LogP contribution in [0.2, 0.25) is 0 Å². The fraction of sp³-hybridized carbons (Fsp3) is 0.537. The van der Waals surface area contributed by atoms with Crippen molar-refractivity contribution >= 4 is 34.9 Å². The SMILES string of the molecule is C[C@H]1CN2c3cc(-c4cc(F)cc(F)c4O)nnc3NC[C@H]2CN1CC1[C@H]2CN(C[C@H]3CCN(c4ccc5c(c4)C(=O)N(C4CCC(=O)NC4=O)C5)C[C@@H]3F)C[C@@H]12. The fourth-order valence-corrected chi connectivity index (χ4v) is 10.5. The number of alkyl halides is 1. The minimum absolute atomic E-state index is 0.0325. The van der Waals surface area contributed by atoms with Crippen LogP contribution in [0.15, 0.2) is 36.4 Å². The van der Waals surface area contributed by atoms with Gasteiger partial charge in [0.1, 0.15) is 18.0 Å². The van der Waals surface area contributed by atoms with Gasteiger partial charge in [0, 0.05) is 107 Å². The third kappa shape index (κ3) is 6.44. The van der Waals surface area contributed by atoms with Crippen molar-refractivity contribution in [3.8, 4) is 17.0 Å². The van der Waals surface area contributed by atoms with E-state index in [1.807, 2.05) is 23.1 Å². The van der Waals surface area contributed by atoms with Crippen LogP contribution in [-0.4, -0.2) is 131 Å². The van der Waals surface area contributed by atoms with Gasteiger partial charge in [0.2, 0.25) is 11.8 Å². The maximum absolute atomic E-state index is 15.8. The first-order chi connectivity index (χ1) is 27.5. The number of carbonyl (C=O) groups excluding carboxylic acids is 3. The van der Waals surface area contributed by atoms with E-state index in [4.69, 9.17) is 0 Å². The minimum atomic E-state index is -1.04. The quantitative estimate of drug-likeness (QED) is 0.305. The molecule has 6 aliphatic heterocycles. The zero-order chi connectivity index (χ0) is 39.3. The van der Waals surface area contributed by atoms with Crippen LogP contribution in [0.1, 0.15) is 42.1 Å². The number of halogens is 3. The normalized spacial score (nSPS) is 31.1. The van der Waals surface area contributed by atoms with Crippen molar-refractivity contribution in [2.75, 3.05) is 74.0 Å². The standard InChI is InChI=1S/C41H46F3N9O4/c1-21-13-52-26(12-45-39-36(52)11-34(47-48-39)28-8-24(42)9-32(43)38(28)55)16-51(21)19-31-29-17-49(18-30(29)31)14-23-6-7-50(20-33(23)44)25-3-2-22-15-53(41(57)27(22)10-25)35-4-5-37(54)46-40(35)56/h2-3,8-11,21,23,26,29-31,33,35,55H,4-7,12-20H2,1H3,(H,45,48)(H,46,54,56)/t21-,23+,26-,29-,30+,31?,33-,35?/m0/s1. The van der Waals surface area contributed by atoms with Gasteiger partial charge in [0.15, 0.2) is 17.4 Å². The van der Waals surface area contributed by atoms with Crippen LogP contribution in [0.4, 0.5) is 30.4 Å². The molecule has 7 aliphatic rings. The summed E-state index contributed by atoms with van der Waals surface area (Å²) in [5.74, 6) is -1.01. The number of aromatic hydroxyl groups is 1.